The molecule has 0 aliphatic carbocycles. The molecule has 0 fully saturated rings. The quantitative estimate of drug-likeness (QED) is 0.739. The lowest BCUT2D eigenvalue weighted by atomic mass is 10.5. The lowest BCUT2D eigenvalue weighted by Gasteiger charge is -2.23. The van der Waals surface area contributed by atoms with E-state index in [1.165, 1.54) is 10.4 Å². The Kier molecular flexibility index (Phi) is 2.97. The Labute approximate surface area is 96.7 Å². The summed E-state index contributed by atoms with van der Waals surface area (Å²) in [6.07, 6.45) is 7.46. The Morgan fingerprint density at radius 3 is 1.88 bits per heavy atom. The zero-order chi connectivity index (χ0) is 11.4. The van der Waals surface area contributed by atoms with Crippen LogP contribution in [0.25, 0.3) is 0 Å². The largest absolute Gasteiger partial charge is 0.265 e. The van der Waals surface area contributed by atoms with Crippen LogP contribution in [0.3, 0.4) is 0 Å². The van der Waals surface area contributed by atoms with E-state index in [1.807, 2.05) is 24.5 Å². The van der Waals surface area contributed by atoms with Crippen LogP contribution >= 0.6 is 0 Å². The number of aromatic nitrogens is 2. The van der Waals surface area contributed by atoms with Crippen molar-refractivity contribution < 1.29 is 0 Å². The molecule has 2 aromatic heterocycles. The van der Waals surface area contributed by atoms with E-state index in [2.05, 4.69) is 40.9 Å². The second-order valence-corrected chi connectivity index (χ2v) is 7.86. The van der Waals surface area contributed by atoms with Crippen LogP contribution in [0.5, 0.6) is 0 Å². The van der Waals surface area contributed by atoms with Crippen molar-refractivity contribution in [2.75, 3.05) is 0 Å². The fourth-order valence-electron chi connectivity index (χ4n) is 1.74. The van der Waals surface area contributed by atoms with Crippen LogP contribution in [-0.2, 0) is 0 Å². The molecule has 0 amide bonds. The monoisotopic (exact) mass is 226 g/mol. The first-order valence-corrected chi connectivity index (χ1v) is 7.80. The molecule has 2 heterocycles. The summed E-state index contributed by atoms with van der Waals surface area (Å²) in [7, 11) is -1.84. The van der Waals surface area contributed by atoms with Crippen LogP contribution in [0.1, 0.15) is 0 Å². The van der Waals surface area contributed by atoms with Crippen molar-refractivity contribution in [1.29, 1.82) is 0 Å². The molecular weight excluding hydrogens is 212 g/mol. The van der Waals surface area contributed by atoms with Crippen LogP contribution in [-0.4, -0.2) is 18.0 Å². The van der Waals surface area contributed by atoms with Gasteiger partial charge >= 0.3 is 0 Å². The van der Waals surface area contributed by atoms with Gasteiger partial charge in [-0.1, -0.05) is 24.4 Å². The lowest BCUT2D eigenvalue weighted by Crippen LogP contribution is -2.54. The average Bonchev–Trinajstić information content (AvgIpc) is 2.40. The zero-order valence-corrected chi connectivity index (χ0v) is 10.3. The third-order valence-electron chi connectivity index (χ3n) is 2.93. The van der Waals surface area contributed by atoms with Crippen LogP contribution in [0, 0.1) is 0 Å². The van der Waals surface area contributed by atoms with Gasteiger partial charge in [-0.3, -0.25) is 9.97 Å². The van der Waals surface area contributed by atoms with E-state index >= 15 is 0 Å². The van der Waals surface area contributed by atoms with E-state index in [9.17, 15) is 0 Å². The van der Waals surface area contributed by atoms with Crippen LogP contribution in [0.4, 0.5) is 0 Å². The Balaban J connectivity index is 2.53. The van der Waals surface area contributed by atoms with Crippen molar-refractivity contribution in [3.63, 3.8) is 0 Å². The SMILES string of the molecule is C=C[Si](C)(c1cccnc1)c1cccnc1. The van der Waals surface area contributed by atoms with Gasteiger partial charge in [0, 0.05) is 24.8 Å². The highest BCUT2D eigenvalue weighted by Crippen LogP contribution is 2.04. The maximum atomic E-state index is 4.19. The fraction of sp³-hybridized carbons (Fsp3) is 0.0769. The standard InChI is InChI=1S/C13H14N2Si/c1-3-16(2,12-6-4-8-14-10-12)13-7-5-9-15-11-13/h3-11H,1H2,2H3. The molecule has 0 atom stereocenters. The molecule has 0 bridgehead atoms. The molecule has 0 aromatic carbocycles. The lowest BCUT2D eigenvalue weighted by molar-refractivity contribution is 1.33. The number of pyridine rings is 2. The van der Waals surface area contributed by atoms with Gasteiger partial charge in [-0.2, -0.15) is 0 Å². The van der Waals surface area contributed by atoms with E-state index in [-0.39, 0.29) is 0 Å². The van der Waals surface area contributed by atoms with Crippen LogP contribution < -0.4 is 10.4 Å². The van der Waals surface area contributed by atoms with Crippen molar-refractivity contribution in [2.24, 2.45) is 0 Å². The van der Waals surface area contributed by atoms with Crippen molar-refractivity contribution in [3.8, 4) is 0 Å². The van der Waals surface area contributed by atoms with Crippen LogP contribution in [0.15, 0.2) is 61.3 Å². The van der Waals surface area contributed by atoms with Crippen molar-refractivity contribution in [2.45, 2.75) is 6.55 Å². The van der Waals surface area contributed by atoms with Gasteiger partial charge in [-0.25, -0.2) is 0 Å². The maximum absolute atomic E-state index is 4.19. The molecule has 0 unspecified atom stereocenters. The molecule has 0 aliphatic heterocycles. The first-order valence-electron chi connectivity index (χ1n) is 5.22. The van der Waals surface area contributed by atoms with E-state index in [4.69, 9.17) is 0 Å². The highest BCUT2D eigenvalue weighted by Gasteiger charge is 2.28. The Morgan fingerprint density at radius 2 is 1.56 bits per heavy atom. The maximum Gasteiger partial charge on any atom is 0.141 e. The van der Waals surface area contributed by atoms with E-state index < -0.39 is 8.07 Å². The second-order valence-electron chi connectivity index (χ2n) is 3.89. The first-order chi connectivity index (χ1) is 7.77. The summed E-state index contributed by atoms with van der Waals surface area (Å²) in [4.78, 5) is 8.38. The summed E-state index contributed by atoms with van der Waals surface area (Å²) < 4.78 is 0. The van der Waals surface area contributed by atoms with Gasteiger partial charge in [0.25, 0.3) is 0 Å². The molecule has 0 N–H and O–H groups in total. The third-order valence-corrected chi connectivity index (χ3v) is 6.74. The van der Waals surface area contributed by atoms with Gasteiger partial charge in [-0.15, -0.1) is 6.58 Å². The molecule has 16 heavy (non-hydrogen) atoms. The summed E-state index contributed by atoms with van der Waals surface area (Å²) in [6, 6.07) is 8.18. The number of hydrogen-bond donors (Lipinski definition) is 0. The highest BCUT2D eigenvalue weighted by molar-refractivity contribution is 7.04. The first kappa shape index (κ1) is 10.8. The third kappa shape index (κ3) is 1.81. The van der Waals surface area contributed by atoms with Crippen molar-refractivity contribution in [3.05, 3.63) is 61.3 Å². The van der Waals surface area contributed by atoms with Gasteiger partial charge in [0.15, 0.2) is 0 Å². The fourth-order valence-corrected chi connectivity index (χ4v) is 4.12. The molecule has 2 aromatic rings. The summed E-state index contributed by atoms with van der Waals surface area (Å²) in [5.74, 6) is 0. The van der Waals surface area contributed by atoms with E-state index in [0.29, 0.717) is 0 Å². The Morgan fingerprint density at radius 1 is 1.06 bits per heavy atom. The minimum absolute atomic E-state index is 1.26. The topological polar surface area (TPSA) is 25.8 Å². The van der Waals surface area contributed by atoms with Gasteiger partial charge in [0.05, 0.1) is 0 Å². The number of hydrogen-bond acceptors (Lipinski definition) is 2. The molecular formula is C13H14N2Si. The second kappa shape index (κ2) is 4.41. The zero-order valence-electron chi connectivity index (χ0n) is 9.30. The van der Waals surface area contributed by atoms with Crippen LogP contribution in [0.2, 0.25) is 6.55 Å². The van der Waals surface area contributed by atoms with E-state index in [0.717, 1.165) is 0 Å². The highest BCUT2D eigenvalue weighted by atomic mass is 28.3. The minimum Gasteiger partial charge on any atom is -0.265 e. The molecule has 80 valence electrons. The molecule has 3 heteroatoms. The number of nitrogens with zero attached hydrogens (tertiary/aromatic N) is 2. The normalized spacial score (nSPS) is 11.1. The Hall–Kier alpha value is -1.74. The van der Waals surface area contributed by atoms with Gasteiger partial charge in [0.2, 0.25) is 0 Å². The molecule has 0 radical (unpaired) electrons. The average molecular weight is 226 g/mol. The molecule has 0 aliphatic rings. The molecule has 2 rings (SSSR count). The van der Waals surface area contributed by atoms with Gasteiger partial charge in [0.1, 0.15) is 8.07 Å². The summed E-state index contributed by atoms with van der Waals surface area (Å²) in [5.41, 5.74) is 2.07. The Bertz CT molecular complexity index is 428. The summed E-state index contributed by atoms with van der Waals surface area (Å²) in [5, 5.41) is 2.52. The minimum atomic E-state index is -1.84. The molecule has 0 saturated carbocycles. The molecule has 0 saturated heterocycles. The predicted octanol–water partition coefficient (Wildman–Crippen LogP) is 1.39. The molecule has 0 spiro atoms. The van der Waals surface area contributed by atoms with Crippen molar-refractivity contribution in [1.82, 2.24) is 9.97 Å². The smallest absolute Gasteiger partial charge is 0.141 e. The van der Waals surface area contributed by atoms with E-state index in [1.54, 1.807) is 12.4 Å². The predicted molar refractivity (Wildman–Crippen MR) is 69.6 cm³/mol. The summed E-state index contributed by atoms with van der Waals surface area (Å²) >= 11 is 0. The summed E-state index contributed by atoms with van der Waals surface area (Å²) in [6.45, 7) is 6.25. The van der Waals surface area contributed by atoms with Crippen molar-refractivity contribution >= 4 is 18.4 Å². The van der Waals surface area contributed by atoms with Gasteiger partial charge in [-0.05, 0) is 22.5 Å². The number of rotatable bonds is 3. The molecule has 2 nitrogen and oxygen atoms in total. The van der Waals surface area contributed by atoms with Gasteiger partial charge < -0.3 is 0 Å².